The normalized spacial score (nSPS) is 20.0. The molecule has 2 amide bonds. The summed E-state index contributed by atoms with van der Waals surface area (Å²) in [7, 11) is 0. The van der Waals surface area contributed by atoms with E-state index in [-0.39, 0.29) is 30.3 Å². The molecule has 2 aliphatic heterocycles. The number of aryl methyl sites for hydroxylation is 1. The number of benzene rings is 1. The standard InChI is InChI=1S/C18H25N3O3.ClH/c1-13-10-14(18(23)21-7-2-3-8-21)4-5-16(13)20-17(22)11-15-12-24-9-6-19-15;/h4-5,10,15,19H,2-3,6-9,11-12H2,1H3,(H,20,22);1H. The summed E-state index contributed by atoms with van der Waals surface area (Å²) in [6, 6.07) is 5.54. The number of halogens is 1. The lowest BCUT2D eigenvalue weighted by molar-refractivity contribution is -0.117. The second-order valence-electron chi connectivity index (χ2n) is 6.51. The zero-order chi connectivity index (χ0) is 16.9. The molecular weight excluding hydrogens is 342 g/mol. The third-order valence-electron chi connectivity index (χ3n) is 4.57. The average Bonchev–Trinajstić information content (AvgIpc) is 3.11. The number of likely N-dealkylation sites (tertiary alicyclic amines) is 1. The van der Waals surface area contributed by atoms with Crippen LogP contribution in [0.3, 0.4) is 0 Å². The summed E-state index contributed by atoms with van der Waals surface area (Å²) in [4.78, 5) is 26.5. The van der Waals surface area contributed by atoms with Gasteiger partial charge in [-0.05, 0) is 43.5 Å². The number of hydrogen-bond acceptors (Lipinski definition) is 4. The molecule has 0 aliphatic carbocycles. The first-order chi connectivity index (χ1) is 11.6. The molecule has 0 saturated carbocycles. The number of nitrogens with one attached hydrogen (secondary N) is 2. The van der Waals surface area contributed by atoms with Gasteiger partial charge in [0.05, 0.1) is 13.2 Å². The SMILES string of the molecule is Cc1cc(C(=O)N2CCCC2)ccc1NC(=O)CC1COCCN1.Cl. The molecule has 1 atom stereocenters. The first kappa shape index (κ1) is 19.7. The van der Waals surface area contributed by atoms with Gasteiger partial charge in [0.1, 0.15) is 0 Å². The predicted molar refractivity (Wildman–Crippen MR) is 99.4 cm³/mol. The third-order valence-corrected chi connectivity index (χ3v) is 4.57. The van der Waals surface area contributed by atoms with Gasteiger partial charge in [-0.15, -0.1) is 12.4 Å². The Kier molecular flexibility index (Phi) is 7.23. The van der Waals surface area contributed by atoms with Gasteiger partial charge in [-0.1, -0.05) is 0 Å². The summed E-state index contributed by atoms with van der Waals surface area (Å²) in [6.45, 7) is 5.64. The summed E-state index contributed by atoms with van der Waals surface area (Å²) < 4.78 is 5.36. The number of rotatable bonds is 4. The van der Waals surface area contributed by atoms with Crippen molar-refractivity contribution in [3.8, 4) is 0 Å². The lowest BCUT2D eigenvalue weighted by atomic mass is 10.1. The lowest BCUT2D eigenvalue weighted by Crippen LogP contribution is -2.43. The summed E-state index contributed by atoms with van der Waals surface area (Å²) in [5, 5.41) is 6.20. The van der Waals surface area contributed by atoms with Crippen LogP contribution >= 0.6 is 12.4 Å². The molecule has 25 heavy (non-hydrogen) atoms. The second kappa shape index (κ2) is 9.17. The smallest absolute Gasteiger partial charge is 0.253 e. The molecule has 6 nitrogen and oxygen atoms in total. The van der Waals surface area contributed by atoms with Crippen LogP contribution in [-0.2, 0) is 9.53 Å². The van der Waals surface area contributed by atoms with Crippen LogP contribution in [0.4, 0.5) is 5.69 Å². The fourth-order valence-electron chi connectivity index (χ4n) is 3.22. The average molecular weight is 368 g/mol. The van der Waals surface area contributed by atoms with Gasteiger partial charge in [0.25, 0.3) is 5.91 Å². The van der Waals surface area contributed by atoms with Gasteiger partial charge in [-0.25, -0.2) is 0 Å². The Balaban J connectivity index is 0.00000225. The van der Waals surface area contributed by atoms with Crippen molar-refractivity contribution in [3.05, 3.63) is 29.3 Å². The number of carbonyl (C=O) groups excluding carboxylic acids is 2. The van der Waals surface area contributed by atoms with Gasteiger partial charge in [-0.2, -0.15) is 0 Å². The molecular formula is C18H26ClN3O3. The van der Waals surface area contributed by atoms with Crippen LogP contribution in [0, 0.1) is 6.92 Å². The number of hydrogen-bond donors (Lipinski definition) is 2. The molecule has 0 aromatic heterocycles. The molecule has 2 heterocycles. The lowest BCUT2D eigenvalue weighted by Gasteiger charge is -2.23. The Bertz CT molecular complexity index is 612. The van der Waals surface area contributed by atoms with Crippen LogP contribution < -0.4 is 10.6 Å². The molecule has 2 saturated heterocycles. The van der Waals surface area contributed by atoms with Crippen LogP contribution in [0.25, 0.3) is 0 Å². The van der Waals surface area contributed by atoms with Crippen LogP contribution in [-0.4, -0.2) is 55.6 Å². The highest BCUT2D eigenvalue weighted by Crippen LogP contribution is 2.20. The summed E-state index contributed by atoms with van der Waals surface area (Å²) in [5.74, 6) is 0.0387. The topological polar surface area (TPSA) is 70.7 Å². The van der Waals surface area contributed by atoms with E-state index >= 15 is 0 Å². The largest absolute Gasteiger partial charge is 0.378 e. The van der Waals surface area contributed by atoms with E-state index in [2.05, 4.69) is 10.6 Å². The quantitative estimate of drug-likeness (QED) is 0.853. The van der Waals surface area contributed by atoms with Gasteiger partial charge in [-0.3, -0.25) is 9.59 Å². The number of ether oxygens (including phenoxy) is 1. The molecule has 0 spiro atoms. The number of morpholine rings is 1. The zero-order valence-corrected chi connectivity index (χ0v) is 15.4. The Labute approximate surface area is 154 Å². The minimum Gasteiger partial charge on any atom is -0.378 e. The van der Waals surface area contributed by atoms with Crippen molar-refractivity contribution in [2.75, 3.05) is 38.2 Å². The Hall–Kier alpha value is -1.63. The first-order valence-electron chi connectivity index (χ1n) is 8.64. The van der Waals surface area contributed by atoms with Crippen LogP contribution in [0.15, 0.2) is 18.2 Å². The Morgan fingerprint density at radius 3 is 2.72 bits per heavy atom. The van der Waals surface area contributed by atoms with Crippen molar-refractivity contribution in [2.45, 2.75) is 32.2 Å². The number of amides is 2. The maximum Gasteiger partial charge on any atom is 0.253 e. The highest BCUT2D eigenvalue weighted by molar-refractivity contribution is 5.96. The number of anilines is 1. The highest BCUT2D eigenvalue weighted by Gasteiger charge is 2.21. The van der Waals surface area contributed by atoms with Crippen LogP contribution in [0.2, 0.25) is 0 Å². The number of nitrogens with zero attached hydrogens (tertiary/aromatic N) is 1. The van der Waals surface area contributed by atoms with Crippen molar-refractivity contribution >= 4 is 29.9 Å². The third kappa shape index (κ3) is 5.17. The summed E-state index contributed by atoms with van der Waals surface area (Å²) in [6.07, 6.45) is 2.55. The first-order valence-corrected chi connectivity index (χ1v) is 8.64. The molecule has 138 valence electrons. The van der Waals surface area contributed by atoms with Crippen molar-refractivity contribution in [1.29, 1.82) is 0 Å². The molecule has 2 aliphatic rings. The van der Waals surface area contributed by atoms with Crippen LogP contribution in [0.1, 0.15) is 35.2 Å². The molecule has 2 fully saturated rings. The van der Waals surface area contributed by atoms with Crippen LogP contribution in [0.5, 0.6) is 0 Å². The number of carbonyl (C=O) groups is 2. The van der Waals surface area contributed by atoms with Gasteiger partial charge in [0.15, 0.2) is 0 Å². The van der Waals surface area contributed by atoms with Gasteiger partial charge in [0, 0.05) is 43.3 Å². The van der Waals surface area contributed by atoms with E-state index in [1.807, 2.05) is 24.0 Å². The van der Waals surface area contributed by atoms with Gasteiger partial charge < -0.3 is 20.3 Å². The molecule has 1 unspecified atom stereocenters. The maximum absolute atomic E-state index is 12.4. The molecule has 0 bridgehead atoms. The minimum atomic E-state index is -0.0419. The van der Waals surface area contributed by atoms with E-state index in [0.717, 1.165) is 43.7 Å². The Morgan fingerprint density at radius 1 is 1.32 bits per heavy atom. The minimum absolute atomic E-state index is 0. The van der Waals surface area contributed by atoms with Gasteiger partial charge in [0.2, 0.25) is 5.91 Å². The van der Waals surface area contributed by atoms with E-state index in [1.165, 1.54) is 0 Å². The zero-order valence-electron chi connectivity index (χ0n) is 14.5. The van der Waals surface area contributed by atoms with Crippen molar-refractivity contribution in [1.82, 2.24) is 10.2 Å². The Morgan fingerprint density at radius 2 is 2.08 bits per heavy atom. The van der Waals surface area contributed by atoms with Crippen molar-refractivity contribution in [3.63, 3.8) is 0 Å². The molecule has 2 N–H and O–H groups in total. The molecule has 0 radical (unpaired) electrons. The second-order valence-corrected chi connectivity index (χ2v) is 6.51. The predicted octanol–water partition coefficient (Wildman–Crippen LogP) is 1.97. The molecule has 3 rings (SSSR count). The van der Waals surface area contributed by atoms with E-state index < -0.39 is 0 Å². The summed E-state index contributed by atoms with van der Waals surface area (Å²) in [5.41, 5.74) is 2.35. The van der Waals surface area contributed by atoms with Crippen molar-refractivity contribution < 1.29 is 14.3 Å². The monoisotopic (exact) mass is 367 g/mol. The van der Waals surface area contributed by atoms with Crippen molar-refractivity contribution in [2.24, 2.45) is 0 Å². The van der Waals surface area contributed by atoms with E-state index in [4.69, 9.17) is 4.74 Å². The van der Waals surface area contributed by atoms with E-state index in [9.17, 15) is 9.59 Å². The fraction of sp³-hybridized carbons (Fsp3) is 0.556. The van der Waals surface area contributed by atoms with Gasteiger partial charge >= 0.3 is 0 Å². The highest BCUT2D eigenvalue weighted by atomic mass is 35.5. The summed E-state index contributed by atoms with van der Waals surface area (Å²) >= 11 is 0. The molecule has 1 aromatic rings. The van der Waals surface area contributed by atoms with E-state index in [0.29, 0.717) is 25.2 Å². The maximum atomic E-state index is 12.4. The molecule has 7 heteroatoms. The fourth-order valence-corrected chi connectivity index (χ4v) is 3.22. The molecule has 1 aromatic carbocycles. The van der Waals surface area contributed by atoms with E-state index in [1.54, 1.807) is 6.07 Å².